The zero-order valence-corrected chi connectivity index (χ0v) is 19.6. The summed E-state index contributed by atoms with van der Waals surface area (Å²) in [5.41, 5.74) is 4.30. The van der Waals surface area contributed by atoms with E-state index >= 15 is 0 Å². The van der Waals surface area contributed by atoms with Crippen molar-refractivity contribution in [3.05, 3.63) is 47.2 Å². The van der Waals surface area contributed by atoms with E-state index in [-0.39, 0.29) is 5.54 Å². The molecule has 0 amide bonds. The monoisotopic (exact) mass is 410 g/mol. The highest BCUT2D eigenvalue weighted by atomic mass is 16.5. The van der Waals surface area contributed by atoms with E-state index in [0.717, 1.165) is 32.1 Å². The van der Waals surface area contributed by atoms with Gasteiger partial charge in [-0.3, -0.25) is 14.5 Å². The number of aromatic nitrogens is 2. The predicted molar refractivity (Wildman–Crippen MR) is 122 cm³/mol. The van der Waals surface area contributed by atoms with Crippen molar-refractivity contribution in [2.45, 2.75) is 77.5 Å². The van der Waals surface area contributed by atoms with Crippen LogP contribution in [-0.4, -0.2) is 51.9 Å². The molecule has 4 rings (SSSR count). The van der Waals surface area contributed by atoms with Gasteiger partial charge in [0.15, 0.2) is 0 Å². The Kier molecular flexibility index (Phi) is 5.95. The normalized spacial score (nSPS) is 21.4. The standard InChI is InChI=1S/C25H38N4O/c1-18(2)21-9-7-8-10-22(21)23-17-27(13-14-28(23)25(3,4)5)15-19-16-29(20-11-12-20)26-24(19)30-6/h7-10,16,18,20,23H,11-15,17H2,1-6H3. The molecule has 0 bridgehead atoms. The molecule has 1 aliphatic carbocycles. The van der Waals surface area contributed by atoms with Gasteiger partial charge in [0.05, 0.1) is 13.2 Å². The lowest BCUT2D eigenvalue weighted by atomic mass is 9.88. The number of nitrogens with zero attached hydrogens (tertiary/aromatic N) is 4. The van der Waals surface area contributed by atoms with E-state index in [2.05, 4.69) is 84.7 Å². The van der Waals surface area contributed by atoms with Gasteiger partial charge in [-0.05, 0) is 50.7 Å². The highest BCUT2D eigenvalue weighted by Crippen LogP contribution is 2.38. The average molecular weight is 411 g/mol. The van der Waals surface area contributed by atoms with Crippen molar-refractivity contribution in [1.82, 2.24) is 19.6 Å². The lowest BCUT2D eigenvalue weighted by molar-refractivity contribution is 0.00533. The van der Waals surface area contributed by atoms with Crippen molar-refractivity contribution in [3.8, 4) is 5.88 Å². The van der Waals surface area contributed by atoms with Gasteiger partial charge in [0.1, 0.15) is 0 Å². The van der Waals surface area contributed by atoms with Crippen molar-refractivity contribution in [2.24, 2.45) is 0 Å². The van der Waals surface area contributed by atoms with Crippen LogP contribution >= 0.6 is 0 Å². The SMILES string of the molecule is COc1nn(C2CC2)cc1CN1CCN(C(C)(C)C)C(c2ccccc2C(C)C)C1. The quantitative estimate of drug-likeness (QED) is 0.670. The van der Waals surface area contributed by atoms with Crippen LogP contribution in [0.4, 0.5) is 0 Å². The van der Waals surface area contributed by atoms with Crippen molar-refractivity contribution in [3.63, 3.8) is 0 Å². The molecule has 1 saturated heterocycles. The lowest BCUT2D eigenvalue weighted by Crippen LogP contribution is -2.55. The topological polar surface area (TPSA) is 33.5 Å². The summed E-state index contributed by atoms with van der Waals surface area (Å²) in [4.78, 5) is 5.27. The Labute approximate surface area is 182 Å². The van der Waals surface area contributed by atoms with E-state index in [4.69, 9.17) is 4.74 Å². The summed E-state index contributed by atoms with van der Waals surface area (Å²) in [7, 11) is 1.74. The van der Waals surface area contributed by atoms with Gasteiger partial charge in [-0.1, -0.05) is 38.1 Å². The zero-order chi connectivity index (χ0) is 21.5. The fourth-order valence-electron chi connectivity index (χ4n) is 4.85. The van der Waals surface area contributed by atoms with Crippen molar-refractivity contribution in [1.29, 1.82) is 0 Å². The first-order valence-electron chi connectivity index (χ1n) is 11.5. The number of hydrogen-bond donors (Lipinski definition) is 0. The summed E-state index contributed by atoms with van der Waals surface area (Å²) in [5, 5.41) is 4.68. The molecule has 1 unspecified atom stereocenters. The molecule has 164 valence electrons. The van der Waals surface area contributed by atoms with Crippen molar-refractivity contribution >= 4 is 0 Å². The molecule has 5 heteroatoms. The van der Waals surface area contributed by atoms with Crippen LogP contribution in [0.25, 0.3) is 0 Å². The molecular weight excluding hydrogens is 372 g/mol. The van der Waals surface area contributed by atoms with Crippen LogP contribution in [0.1, 0.15) is 82.2 Å². The first kappa shape index (κ1) is 21.4. The van der Waals surface area contributed by atoms with Crippen LogP contribution in [0.3, 0.4) is 0 Å². The third-order valence-corrected chi connectivity index (χ3v) is 6.58. The molecule has 2 heterocycles. The van der Waals surface area contributed by atoms with E-state index in [9.17, 15) is 0 Å². The predicted octanol–water partition coefficient (Wildman–Crippen LogP) is 5.01. The second kappa shape index (κ2) is 8.35. The first-order valence-corrected chi connectivity index (χ1v) is 11.5. The Morgan fingerprint density at radius 1 is 1.13 bits per heavy atom. The minimum Gasteiger partial charge on any atom is -0.480 e. The van der Waals surface area contributed by atoms with E-state index in [1.807, 2.05) is 0 Å². The molecule has 30 heavy (non-hydrogen) atoms. The fraction of sp³-hybridized carbons (Fsp3) is 0.640. The average Bonchev–Trinajstić information content (AvgIpc) is 3.48. The third kappa shape index (κ3) is 4.42. The highest BCUT2D eigenvalue weighted by molar-refractivity contribution is 5.34. The number of ether oxygens (including phenoxy) is 1. The molecule has 2 fully saturated rings. The molecule has 2 aliphatic rings. The van der Waals surface area contributed by atoms with Gasteiger partial charge in [0.25, 0.3) is 0 Å². The summed E-state index contributed by atoms with van der Waals surface area (Å²) in [6.07, 6.45) is 4.69. The molecule has 1 aliphatic heterocycles. The van der Waals surface area contributed by atoms with Crippen LogP contribution in [0.2, 0.25) is 0 Å². The van der Waals surface area contributed by atoms with E-state index < -0.39 is 0 Å². The molecule has 1 aromatic carbocycles. The smallest absolute Gasteiger partial charge is 0.237 e. The zero-order valence-electron chi connectivity index (χ0n) is 19.6. The van der Waals surface area contributed by atoms with Gasteiger partial charge in [0, 0.05) is 49.5 Å². The molecule has 1 atom stereocenters. The van der Waals surface area contributed by atoms with Crippen LogP contribution in [0.15, 0.2) is 30.5 Å². The van der Waals surface area contributed by atoms with Gasteiger partial charge in [-0.25, -0.2) is 0 Å². The van der Waals surface area contributed by atoms with Crippen molar-refractivity contribution in [2.75, 3.05) is 26.7 Å². The summed E-state index contributed by atoms with van der Waals surface area (Å²) in [5.74, 6) is 1.31. The summed E-state index contributed by atoms with van der Waals surface area (Å²) < 4.78 is 7.73. The fourth-order valence-corrected chi connectivity index (χ4v) is 4.85. The number of hydrogen-bond acceptors (Lipinski definition) is 4. The van der Waals surface area contributed by atoms with Crippen LogP contribution in [-0.2, 0) is 6.54 Å². The minimum atomic E-state index is 0.134. The van der Waals surface area contributed by atoms with Crippen molar-refractivity contribution < 1.29 is 4.74 Å². The maximum atomic E-state index is 5.61. The molecule has 0 N–H and O–H groups in total. The van der Waals surface area contributed by atoms with Crippen LogP contribution in [0.5, 0.6) is 5.88 Å². The van der Waals surface area contributed by atoms with Crippen LogP contribution in [0, 0.1) is 0 Å². The second-order valence-corrected chi connectivity index (χ2v) is 10.3. The van der Waals surface area contributed by atoms with Crippen LogP contribution < -0.4 is 4.74 Å². The summed E-state index contributed by atoms with van der Waals surface area (Å²) in [6, 6.07) is 10.00. The second-order valence-electron chi connectivity index (χ2n) is 10.3. The molecule has 0 spiro atoms. The lowest BCUT2D eigenvalue weighted by Gasteiger charge is -2.48. The Hall–Kier alpha value is -1.85. The number of rotatable bonds is 6. The van der Waals surface area contributed by atoms with E-state index in [1.165, 1.54) is 29.5 Å². The summed E-state index contributed by atoms with van der Waals surface area (Å²) >= 11 is 0. The van der Waals surface area contributed by atoms with E-state index in [0.29, 0.717) is 18.0 Å². The Morgan fingerprint density at radius 2 is 1.87 bits per heavy atom. The molecule has 0 radical (unpaired) electrons. The first-order chi connectivity index (χ1) is 14.3. The molecule has 1 saturated carbocycles. The largest absolute Gasteiger partial charge is 0.480 e. The molecule has 1 aromatic heterocycles. The molecular formula is C25H38N4O. The Bertz CT molecular complexity index is 862. The Morgan fingerprint density at radius 3 is 2.50 bits per heavy atom. The van der Waals surface area contributed by atoms with Gasteiger partial charge in [-0.2, -0.15) is 0 Å². The van der Waals surface area contributed by atoms with Gasteiger partial charge < -0.3 is 4.74 Å². The third-order valence-electron chi connectivity index (χ3n) is 6.58. The summed E-state index contributed by atoms with van der Waals surface area (Å²) in [6.45, 7) is 15.7. The molecule has 2 aromatic rings. The van der Waals surface area contributed by atoms with Gasteiger partial charge >= 0.3 is 0 Å². The number of piperazine rings is 1. The Balaban J connectivity index is 1.60. The minimum absolute atomic E-state index is 0.134. The number of methoxy groups -OCH3 is 1. The maximum Gasteiger partial charge on any atom is 0.237 e. The maximum absolute atomic E-state index is 5.61. The highest BCUT2D eigenvalue weighted by Gasteiger charge is 2.36. The van der Waals surface area contributed by atoms with E-state index in [1.54, 1.807) is 7.11 Å². The molecule has 5 nitrogen and oxygen atoms in total. The van der Waals surface area contributed by atoms with Gasteiger partial charge in [0.2, 0.25) is 5.88 Å². The van der Waals surface area contributed by atoms with Gasteiger partial charge in [-0.15, -0.1) is 5.10 Å². The number of benzene rings is 1.